The largest absolute Gasteiger partial charge is 0.359 e. The molecule has 1 saturated heterocycles. The first kappa shape index (κ1) is 12.0. The molecule has 0 saturated carbocycles. The summed E-state index contributed by atoms with van der Waals surface area (Å²) in [5.41, 5.74) is 0. The van der Waals surface area contributed by atoms with Crippen LogP contribution in [0.5, 0.6) is 0 Å². The van der Waals surface area contributed by atoms with Gasteiger partial charge in [0.25, 0.3) is 0 Å². The van der Waals surface area contributed by atoms with Crippen LogP contribution in [-0.2, 0) is 9.59 Å². The van der Waals surface area contributed by atoms with E-state index in [2.05, 4.69) is 22.9 Å². The first-order chi connectivity index (χ1) is 7.15. The number of carbonyl (C=O) groups excluding carboxylic acids is 2. The normalized spacial score (nSPS) is 24.9. The highest BCUT2D eigenvalue weighted by molar-refractivity contribution is 5.81. The molecule has 0 aliphatic carbocycles. The summed E-state index contributed by atoms with van der Waals surface area (Å²) < 4.78 is 0. The molecule has 0 unspecified atom stereocenters. The standard InChI is InChI=1S/C10H19N3O2/c1-7-5-12-6-8(7)10(15)13-4-3-9(14)11-2/h7-8,12H,3-6H2,1-2H3,(H,11,14)(H,13,15)/t7-,8-/m1/s1. The second-order valence-corrected chi connectivity index (χ2v) is 3.96. The van der Waals surface area contributed by atoms with Crippen LogP contribution in [0.3, 0.4) is 0 Å². The van der Waals surface area contributed by atoms with Crippen molar-refractivity contribution >= 4 is 11.8 Å². The summed E-state index contributed by atoms with van der Waals surface area (Å²) in [6.07, 6.45) is 0.344. The van der Waals surface area contributed by atoms with Gasteiger partial charge in [-0.3, -0.25) is 9.59 Å². The molecule has 1 heterocycles. The van der Waals surface area contributed by atoms with Crippen LogP contribution in [0.15, 0.2) is 0 Å². The lowest BCUT2D eigenvalue weighted by Gasteiger charge is -2.13. The van der Waals surface area contributed by atoms with E-state index >= 15 is 0 Å². The Balaban J connectivity index is 2.21. The van der Waals surface area contributed by atoms with Crippen molar-refractivity contribution in [3.8, 4) is 0 Å². The fourth-order valence-corrected chi connectivity index (χ4v) is 1.72. The highest BCUT2D eigenvalue weighted by atomic mass is 16.2. The van der Waals surface area contributed by atoms with E-state index in [1.807, 2.05) is 0 Å². The van der Waals surface area contributed by atoms with Crippen LogP contribution in [0.2, 0.25) is 0 Å². The molecule has 2 amide bonds. The molecule has 0 bridgehead atoms. The SMILES string of the molecule is CNC(=O)CCNC(=O)[C@@H]1CNC[C@H]1C. The molecule has 5 nitrogen and oxygen atoms in total. The van der Waals surface area contributed by atoms with Crippen molar-refractivity contribution in [1.82, 2.24) is 16.0 Å². The van der Waals surface area contributed by atoms with Gasteiger partial charge in [0.2, 0.25) is 11.8 Å². The fourth-order valence-electron chi connectivity index (χ4n) is 1.72. The molecular formula is C10H19N3O2. The van der Waals surface area contributed by atoms with Gasteiger partial charge in [-0.2, -0.15) is 0 Å². The van der Waals surface area contributed by atoms with Crippen molar-refractivity contribution in [3.05, 3.63) is 0 Å². The van der Waals surface area contributed by atoms with Crippen LogP contribution >= 0.6 is 0 Å². The molecule has 3 N–H and O–H groups in total. The van der Waals surface area contributed by atoms with Crippen molar-refractivity contribution in [3.63, 3.8) is 0 Å². The van der Waals surface area contributed by atoms with E-state index < -0.39 is 0 Å². The predicted octanol–water partition coefficient (Wildman–Crippen LogP) is -0.906. The summed E-state index contributed by atoms with van der Waals surface area (Å²) in [5.74, 6) is 0.434. The summed E-state index contributed by atoms with van der Waals surface area (Å²) in [6, 6.07) is 0. The fraction of sp³-hybridized carbons (Fsp3) is 0.800. The van der Waals surface area contributed by atoms with E-state index in [4.69, 9.17) is 0 Å². The Kier molecular flexibility index (Phi) is 4.55. The molecule has 15 heavy (non-hydrogen) atoms. The third-order valence-electron chi connectivity index (χ3n) is 2.78. The monoisotopic (exact) mass is 213 g/mol. The van der Waals surface area contributed by atoms with Gasteiger partial charge < -0.3 is 16.0 Å². The van der Waals surface area contributed by atoms with E-state index in [1.54, 1.807) is 7.05 Å². The third-order valence-corrected chi connectivity index (χ3v) is 2.78. The molecule has 5 heteroatoms. The lowest BCUT2D eigenvalue weighted by atomic mass is 9.97. The second kappa shape index (κ2) is 5.70. The van der Waals surface area contributed by atoms with Crippen molar-refractivity contribution in [2.75, 3.05) is 26.7 Å². The highest BCUT2D eigenvalue weighted by Crippen LogP contribution is 2.15. The Morgan fingerprint density at radius 1 is 1.40 bits per heavy atom. The first-order valence-corrected chi connectivity index (χ1v) is 5.34. The van der Waals surface area contributed by atoms with E-state index in [0.717, 1.165) is 13.1 Å². The average molecular weight is 213 g/mol. The minimum absolute atomic E-state index is 0.0482. The highest BCUT2D eigenvalue weighted by Gasteiger charge is 2.29. The first-order valence-electron chi connectivity index (χ1n) is 5.34. The van der Waals surface area contributed by atoms with Crippen LogP contribution < -0.4 is 16.0 Å². The maximum Gasteiger partial charge on any atom is 0.224 e. The molecule has 0 spiro atoms. The summed E-state index contributed by atoms with van der Waals surface area (Å²) in [7, 11) is 1.59. The molecule has 1 aliphatic rings. The summed E-state index contributed by atoms with van der Waals surface area (Å²) in [4.78, 5) is 22.5. The number of rotatable bonds is 4. The topological polar surface area (TPSA) is 70.2 Å². The Labute approximate surface area is 90.0 Å². The minimum Gasteiger partial charge on any atom is -0.359 e. The second-order valence-electron chi connectivity index (χ2n) is 3.96. The molecule has 1 aliphatic heterocycles. The predicted molar refractivity (Wildman–Crippen MR) is 57.2 cm³/mol. The lowest BCUT2D eigenvalue weighted by Crippen LogP contribution is -2.36. The average Bonchev–Trinajstić information content (AvgIpc) is 2.64. The molecule has 1 rings (SSSR count). The van der Waals surface area contributed by atoms with E-state index in [1.165, 1.54) is 0 Å². The van der Waals surface area contributed by atoms with Gasteiger partial charge in [-0.25, -0.2) is 0 Å². The van der Waals surface area contributed by atoms with Gasteiger partial charge in [0.05, 0.1) is 5.92 Å². The Bertz CT molecular complexity index is 243. The number of nitrogens with one attached hydrogen (secondary N) is 3. The van der Waals surface area contributed by atoms with Gasteiger partial charge in [-0.05, 0) is 12.5 Å². The quantitative estimate of drug-likeness (QED) is 0.566. The van der Waals surface area contributed by atoms with Crippen molar-refractivity contribution in [2.24, 2.45) is 11.8 Å². The maximum atomic E-state index is 11.6. The Morgan fingerprint density at radius 2 is 2.13 bits per heavy atom. The van der Waals surface area contributed by atoms with E-state index in [0.29, 0.717) is 18.9 Å². The van der Waals surface area contributed by atoms with Crippen LogP contribution in [0.1, 0.15) is 13.3 Å². The third kappa shape index (κ3) is 3.51. The Hall–Kier alpha value is -1.10. The maximum absolute atomic E-state index is 11.6. The van der Waals surface area contributed by atoms with Crippen molar-refractivity contribution in [1.29, 1.82) is 0 Å². The Morgan fingerprint density at radius 3 is 2.67 bits per heavy atom. The number of amides is 2. The number of hydrogen-bond donors (Lipinski definition) is 3. The zero-order valence-electron chi connectivity index (χ0n) is 9.30. The molecule has 2 atom stereocenters. The van der Waals surface area contributed by atoms with Gasteiger partial charge in [-0.15, -0.1) is 0 Å². The summed E-state index contributed by atoms with van der Waals surface area (Å²) in [5, 5.41) is 8.47. The zero-order chi connectivity index (χ0) is 11.3. The van der Waals surface area contributed by atoms with Crippen molar-refractivity contribution < 1.29 is 9.59 Å². The molecule has 0 radical (unpaired) electrons. The smallest absolute Gasteiger partial charge is 0.224 e. The van der Waals surface area contributed by atoms with Crippen LogP contribution in [-0.4, -0.2) is 38.5 Å². The van der Waals surface area contributed by atoms with Crippen LogP contribution in [0.4, 0.5) is 0 Å². The van der Waals surface area contributed by atoms with Crippen LogP contribution in [0, 0.1) is 11.8 Å². The number of hydrogen-bond acceptors (Lipinski definition) is 3. The lowest BCUT2D eigenvalue weighted by molar-refractivity contribution is -0.125. The van der Waals surface area contributed by atoms with Crippen molar-refractivity contribution in [2.45, 2.75) is 13.3 Å². The van der Waals surface area contributed by atoms with Gasteiger partial charge >= 0.3 is 0 Å². The molecular weight excluding hydrogens is 194 g/mol. The minimum atomic E-state index is -0.0482. The number of carbonyl (C=O) groups is 2. The molecule has 0 aromatic carbocycles. The molecule has 1 fully saturated rings. The zero-order valence-corrected chi connectivity index (χ0v) is 9.30. The van der Waals surface area contributed by atoms with Gasteiger partial charge in [0.1, 0.15) is 0 Å². The summed E-state index contributed by atoms with van der Waals surface area (Å²) >= 11 is 0. The molecule has 0 aromatic rings. The summed E-state index contributed by atoms with van der Waals surface area (Å²) in [6.45, 7) is 4.12. The van der Waals surface area contributed by atoms with E-state index in [9.17, 15) is 9.59 Å². The van der Waals surface area contributed by atoms with Gasteiger partial charge in [-0.1, -0.05) is 6.92 Å². The van der Waals surface area contributed by atoms with Gasteiger partial charge in [0.15, 0.2) is 0 Å². The van der Waals surface area contributed by atoms with Gasteiger partial charge in [0, 0.05) is 26.6 Å². The van der Waals surface area contributed by atoms with E-state index in [-0.39, 0.29) is 17.7 Å². The van der Waals surface area contributed by atoms with Crippen LogP contribution in [0.25, 0.3) is 0 Å². The molecule has 0 aromatic heterocycles. The molecule has 86 valence electrons.